The average Bonchev–Trinajstić information content (AvgIpc) is 3.33. The molecule has 0 atom stereocenters. The van der Waals surface area contributed by atoms with Crippen LogP contribution in [0.2, 0.25) is 5.02 Å². The van der Waals surface area contributed by atoms with Gasteiger partial charge < -0.3 is 19.5 Å². The SMILES string of the molecule is O=C(Cn1cc(C=C2NC(=O)N(Cc3ccccc3Cl)C2=O)c2ccccc21)N1CCOCC1. The zero-order valence-corrected chi connectivity index (χ0v) is 19.1. The number of para-hydroxylation sites is 1. The van der Waals surface area contributed by atoms with Crippen molar-refractivity contribution in [2.45, 2.75) is 13.1 Å². The summed E-state index contributed by atoms with van der Waals surface area (Å²) in [5.74, 6) is -0.412. The zero-order valence-electron chi connectivity index (χ0n) is 18.4. The number of nitrogens with zero attached hydrogens (tertiary/aromatic N) is 3. The van der Waals surface area contributed by atoms with Crippen molar-refractivity contribution < 1.29 is 19.1 Å². The first-order valence-corrected chi connectivity index (χ1v) is 11.4. The normalized spacial score (nSPS) is 17.6. The van der Waals surface area contributed by atoms with Crippen LogP contribution in [0, 0.1) is 0 Å². The summed E-state index contributed by atoms with van der Waals surface area (Å²) in [5.41, 5.74) is 2.49. The molecule has 0 spiro atoms. The van der Waals surface area contributed by atoms with Crippen molar-refractivity contribution in [2.75, 3.05) is 26.3 Å². The van der Waals surface area contributed by atoms with Crippen molar-refractivity contribution in [2.24, 2.45) is 0 Å². The van der Waals surface area contributed by atoms with E-state index in [1.54, 1.807) is 29.2 Å². The molecule has 34 heavy (non-hydrogen) atoms. The average molecular weight is 479 g/mol. The van der Waals surface area contributed by atoms with Crippen molar-refractivity contribution in [3.63, 3.8) is 0 Å². The van der Waals surface area contributed by atoms with Gasteiger partial charge in [0, 0.05) is 40.8 Å². The van der Waals surface area contributed by atoms with Crippen LogP contribution in [-0.4, -0.2) is 58.5 Å². The number of aromatic nitrogens is 1. The van der Waals surface area contributed by atoms with Crippen LogP contribution in [0.5, 0.6) is 0 Å². The number of ether oxygens (including phenoxy) is 1. The van der Waals surface area contributed by atoms with Gasteiger partial charge in [0.2, 0.25) is 5.91 Å². The van der Waals surface area contributed by atoms with Crippen molar-refractivity contribution >= 4 is 46.4 Å². The summed E-state index contributed by atoms with van der Waals surface area (Å²) in [5, 5.41) is 4.05. The minimum Gasteiger partial charge on any atom is -0.378 e. The van der Waals surface area contributed by atoms with Crippen LogP contribution in [0.1, 0.15) is 11.1 Å². The standard InChI is InChI=1S/C25H23ClN4O4/c26-20-7-3-1-5-17(20)15-30-24(32)21(27-25(30)33)13-18-14-29(22-8-4-2-6-19(18)22)16-23(31)28-9-11-34-12-10-28/h1-8,13-14H,9-12,15-16H2,(H,27,33). The summed E-state index contributed by atoms with van der Waals surface area (Å²) < 4.78 is 7.21. The number of imide groups is 1. The molecular formula is C25H23ClN4O4. The zero-order chi connectivity index (χ0) is 23.7. The molecule has 0 saturated carbocycles. The lowest BCUT2D eigenvalue weighted by atomic mass is 10.1. The van der Waals surface area contributed by atoms with E-state index in [1.807, 2.05) is 41.1 Å². The van der Waals surface area contributed by atoms with E-state index in [1.165, 1.54) is 0 Å². The molecule has 2 fully saturated rings. The molecule has 0 unspecified atom stereocenters. The van der Waals surface area contributed by atoms with E-state index in [-0.39, 0.29) is 24.7 Å². The molecule has 1 aromatic heterocycles. The van der Waals surface area contributed by atoms with Crippen molar-refractivity contribution in [3.05, 3.63) is 76.6 Å². The van der Waals surface area contributed by atoms with Gasteiger partial charge >= 0.3 is 6.03 Å². The van der Waals surface area contributed by atoms with E-state index in [9.17, 15) is 14.4 Å². The summed E-state index contributed by atoms with van der Waals surface area (Å²) >= 11 is 6.21. The Hall–Kier alpha value is -3.62. The molecule has 174 valence electrons. The molecule has 0 bridgehead atoms. The van der Waals surface area contributed by atoms with Crippen LogP contribution in [-0.2, 0) is 27.4 Å². The Morgan fingerprint density at radius 1 is 1.06 bits per heavy atom. The molecule has 3 heterocycles. The Morgan fingerprint density at radius 2 is 1.79 bits per heavy atom. The van der Waals surface area contributed by atoms with Gasteiger partial charge in [-0.15, -0.1) is 0 Å². The minimum atomic E-state index is -0.498. The highest BCUT2D eigenvalue weighted by Gasteiger charge is 2.34. The number of nitrogens with one attached hydrogen (secondary N) is 1. The molecule has 2 aliphatic rings. The van der Waals surface area contributed by atoms with Gasteiger partial charge in [-0.2, -0.15) is 0 Å². The number of halogens is 1. The molecule has 2 aliphatic heterocycles. The number of urea groups is 1. The number of carbonyl (C=O) groups excluding carboxylic acids is 3. The van der Waals surface area contributed by atoms with Gasteiger partial charge in [0.25, 0.3) is 5.91 Å². The van der Waals surface area contributed by atoms with Crippen molar-refractivity contribution in [3.8, 4) is 0 Å². The lowest BCUT2D eigenvalue weighted by Gasteiger charge is -2.27. The van der Waals surface area contributed by atoms with E-state index in [0.717, 1.165) is 21.4 Å². The third-order valence-corrected chi connectivity index (χ3v) is 6.41. The van der Waals surface area contributed by atoms with Crippen LogP contribution < -0.4 is 5.32 Å². The summed E-state index contributed by atoms with van der Waals surface area (Å²) in [7, 11) is 0. The summed E-state index contributed by atoms with van der Waals surface area (Å²) in [4.78, 5) is 41.3. The van der Waals surface area contributed by atoms with E-state index < -0.39 is 11.9 Å². The monoisotopic (exact) mass is 478 g/mol. The lowest BCUT2D eigenvalue weighted by Crippen LogP contribution is -2.42. The van der Waals surface area contributed by atoms with E-state index in [4.69, 9.17) is 16.3 Å². The predicted molar refractivity (Wildman–Crippen MR) is 128 cm³/mol. The molecule has 2 aromatic carbocycles. The number of morpholine rings is 1. The molecule has 0 radical (unpaired) electrons. The molecule has 4 amide bonds. The number of rotatable bonds is 5. The Labute approximate surface area is 201 Å². The maximum absolute atomic E-state index is 13.0. The second-order valence-electron chi connectivity index (χ2n) is 8.19. The molecule has 0 aliphatic carbocycles. The quantitative estimate of drug-likeness (QED) is 0.450. The third-order valence-electron chi connectivity index (χ3n) is 6.04. The third kappa shape index (κ3) is 4.30. The van der Waals surface area contributed by atoms with E-state index in [0.29, 0.717) is 36.9 Å². The highest BCUT2D eigenvalue weighted by molar-refractivity contribution is 6.31. The Balaban J connectivity index is 1.41. The molecule has 1 N–H and O–H groups in total. The van der Waals surface area contributed by atoms with Crippen LogP contribution in [0.3, 0.4) is 0 Å². The Kier molecular flexibility index (Phi) is 6.08. The highest BCUT2D eigenvalue weighted by Crippen LogP contribution is 2.26. The maximum Gasteiger partial charge on any atom is 0.329 e. The van der Waals surface area contributed by atoms with Crippen LogP contribution >= 0.6 is 11.6 Å². The largest absolute Gasteiger partial charge is 0.378 e. The van der Waals surface area contributed by atoms with Gasteiger partial charge in [-0.3, -0.25) is 14.5 Å². The number of benzene rings is 2. The van der Waals surface area contributed by atoms with Crippen LogP contribution in [0.4, 0.5) is 4.79 Å². The fourth-order valence-corrected chi connectivity index (χ4v) is 4.44. The highest BCUT2D eigenvalue weighted by atomic mass is 35.5. The fraction of sp³-hybridized carbons (Fsp3) is 0.240. The summed E-state index contributed by atoms with van der Waals surface area (Å²) in [6.07, 6.45) is 3.50. The van der Waals surface area contributed by atoms with Crippen LogP contribution in [0.25, 0.3) is 17.0 Å². The van der Waals surface area contributed by atoms with Gasteiger partial charge in [0.1, 0.15) is 12.2 Å². The predicted octanol–water partition coefficient (Wildman–Crippen LogP) is 3.25. The van der Waals surface area contributed by atoms with E-state index >= 15 is 0 Å². The summed E-state index contributed by atoms with van der Waals surface area (Å²) in [6, 6.07) is 14.3. The minimum absolute atomic E-state index is 0.0133. The second-order valence-corrected chi connectivity index (χ2v) is 8.60. The topological polar surface area (TPSA) is 83.9 Å². The van der Waals surface area contributed by atoms with Gasteiger partial charge in [0.05, 0.1) is 19.8 Å². The molecule has 8 nitrogen and oxygen atoms in total. The summed E-state index contributed by atoms with van der Waals surface area (Å²) in [6.45, 7) is 2.51. The molecular weight excluding hydrogens is 456 g/mol. The van der Waals surface area contributed by atoms with E-state index in [2.05, 4.69) is 5.32 Å². The first-order valence-electron chi connectivity index (χ1n) is 11.0. The Morgan fingerprint density at radius 3 is 2.59 bits per heavy atom. The number of fused-ring (bicyclic) bond motifs is 1. The van der Waals surface area contributed by atoms with Gasteiger partial charge in [0.15, 0.2) is 0 Å². The lowest BCUT2D eigenvalue weighted by molar-refractivity contribution is -0.135. The number of carbonyl (C=O) groups is 3. The number of hydrogen-bond acceptors (Lipinski definition) is 4. The molecule has 3 aromatic rings. The maximum atomic E-state index is 13.0. The molecule has 2 saturated heterocycles. The fourth-order valence-electron chi connectivity index (χ4n) is 4.25. The Bertz CT molecular complexity index is 1310. The second kappa shape index (κ2) is 9.32. The number of hydrogen-bond donors (Lipinski definition) is 1. The first-order chi connectivity index (χ1) is 16.5. The van der Waals surface area contributed by atoms with Crippen LogP contribution in [0.15, 0.2) is 60.4 Å². The van der Waals surface area contributed by atoms with Gasteiger partial charge in [-0.1, -0.05) is 48.0 Å². The smallest absolute Gasteiger partial charge is 0.329 e. The first kappa shape index (κ1) is 22.2. The van der Waals surface area contributed by atoms with Crippen molar-refractivity contribution in [1.29, 1.82) is 0 Å². The van der Waals surface area contributed by atoms with Gasteiger partial charge in [-0.05, 0) is 23.8 Å². The number of amides is 4. The molecule has 9 heteroatoms. The van der Waals surface area contributed by atoms with Crippen molar-refractivity contribution in [1.82, 2.24) is 19.7 Å². The van der Waals surface area contributed by atoms with Gasteiger partial charge in [-0.25, -0.2) is 4.79 Å². The molecule has 5 rings (SSSR count).